The van der Waals surface area contributed by atoms with Crippen LogP contribution >= 0.6 is 0 Å². The highest BCUT2D eigenvalue weighted by Crippen LogP contribution is 2.12. The summed E-state index contributed by atoms with van der Waals surface area (Å²) in [6, 6.07) is 3.55. The van der Waals surface area contributed by atoms with Crippen molar-refractivity contribution in [3.8, 4) is 5.82 Å². The highest BCUT2D eigenvalue weighted by atomic mass is 16.4. The Hall–Kier alpha value is -2.37. The van der Waals surface area contributed by atoms with Crippen LogP contribution in [-0.4, -0.2) is 25.8 Å². The Kier molecular flexibility index (Phi) is 2.78. The van der Waals surface area contributed by atoms with Crippen LogP contribution in [0.5, 0.6) is 0 Å². The normalized spacial score (nSPS) is 11.8. The zero-order chi connectivity index (χ0) is 12.4. The first-order valence-electron chi connectivity index (χ1n) is 5.09. The maximum Gasteiger partial charge on any atom is 0.173 e. The van der Waals surface area contributed by atoms with Crippen LogP contribution in [0.3, 0.4) is 0 Å². The number of hydrogen-bond donors (Lipinski definition) is 2. The molecule has 2 heterocycles. The van der Waals surface area contributed by atoms with Crippen LogP contribution in [0.15, 0.2) is 29.7 Å². The minimum Gasteiger partial charge on any atom is -0.409 e. The standard InChI is InChI=1S/C11H13N5O/c1-7-5-13-16(6-7)11-9(10(12)15-17)4-3-8(2)14-11/h3-6,17H,1-2H3,(H2,12,15). The highest BCUT2D eigenvalue weighted by Gasteiger charge is 2.11. The molecular formula is C11H13N5O. The smallest absolute Gasteiger partial charge is 0.173 e. The molecule has 17 heavy (non-hydrogen) atoms. The fraction of sp³-hybridized carbons (Fsp3) is 0.182. The van der Waals surface area contributed by atoms with Crippen molar-refractivity contribution in [2.45, 2.75) is 13.8 Å². The lowest BCUT2D eigenvalue weighted by molar-refractivity contribution is 0.318. The second-order valence-corrected chi connectivity index (χ2v) is 3.77. The van der Waals surface area contributed by atoms with Crippen LogP contribution in [0.1, 0.15) is 16.8 Å². The predicted molar refractivity (Wildman–Crippen MR) is 63.3 cm³/mol. The third-order valence-corrected chi connectivity index (χ3v) is 2.33. The summed E-state index contributed by atoms with van der Waals surface area (Å²) in [6.07, 6.45) is 3.55. The monoisotopic (exact) mass is 231 g/mol. The maximum absolute atomic E-state index is 8.74. The molecule has 2 aromatic rings. The Labute approximate surface area is 98.4 Å². The molecule has 2 aromatic heterocycles. The van der Waals surface area contributed by atoms with E-state index in [1.807, 2.05) is 20.0 Å². The van der Waals surface area contributed by atoms with E-state index < -0.39 is 0 Å². The number of amidine groups is 1. The molecule has 88 valence electrons. The Morgan fingerprint density at radius 1 is 1.41 bits per heavy atom. The van der Waals surface area contributed by atoms with E-state index >= 15 is 0 Å². The Bertz CT molecular complexity index is 573. The van der Waals surface area contributed by atoms with E-state index in [1.54, 1.807) is 23.0 Å². The second-order valence-electron chi connectivity index (χ2n) is 3.77. The van der Waals surface area contributed by atoms with Gasteiger partial charge < -0.3 is 10.9 Å². The van der Waals surface area contributed by atoms with Crippen LogP contribution in [-0.2, 0) is 0 Å². The molecule has 0 fully saturated rings. The molecule has 0 aliphatic carbocycles. The molecule has 0 aliphatic rings. The summed E-state index contributed by atoms with van der Waals surface area (Å²) in [6.45, 7) is 3.80. The van der Waals surface area contributed by atoms with Gasteiger partial charge in [-0.3, -0.25) is 0 Å². The van der Waals surface area contributed by atoms with Gasteiger partial charge in [0.15, 0.2) is 11.7 Å². The van der Waals surface area contributed by atoms with E-state index in [4.69, 9.17) is 10.9 Å². The number of nitrogens with zero attached hydrogens (tertiary/aromatic N) is 4. The summed E-state index contributed by atoms with van der Waals surface area (Å²) < 4.78 is 1.61. The molecule has 2 rings (SSSR count). The van der Waals surface area contributed by atoms with E-state index in [1.165, 1.54) is 0 Å². The number of nitrogens with two attached hydrogens (primary N) is 1. The van der Waals surface area contributed by atoms with Crippen LogP contribution in [0.4, 0.5) is 0 Å². The van der Waals surface area contributed by atoms with Gasteiger partial charge in [0.25, 0.3) is 0 Å². The molecule has 0 spiro atoms. The quantitative estimate of drug-likeness (QED) is 0.349. The summed E-state index contributed by atoms with van der Waals surface area (Å²) in [7, 11) is 0. The number of aryl methyl sites for hydroxylation is 2. The van der Waals surface area contributed by atoms with Gasteiger partial charge in [-0.05, 0) is 31.5 Å². The zero-order valence-corrected chi connectivity index (χ0v) is 9.62. The van der Waals surface area contributed by atoms with Crippen molar-refractivity contribution in [3.63, 3.8) is 0 Å². The van der Waals surface area contributed by atoms with E-state index in [2.05, 4.69) is 15.2 Å². The van der Waals surface area contributed by atoms with Gasteiger partial charge in [0, 0.05) is 11.9 Å². The molecule has 3 N–H and O–H groups in total. The summed E-state index contributed by atoms with van der Waals surface area (Å²) in [5.41, 5.74) is 8.00. The van der Waals surface area contributed by atoms with E-state index in [9.17, 15) is 0 Å². The fourth-order valence-corrected chi connectivity index (χ4v) is 1.50. The van der Waals surface area contributed by atoms with Gasteiger partial charge in [-0.25, -0.2) is 9.67 Å². The first-order valence-corrected chi connectivity index (χ1v) is 5.09. The van der Waals surface area contributed by atoms with Gasteiger partial charge in [0.2, 0.25) is 0 Å². The molecule has 0 amide bonds. The number of aromatic nitrogens is 3. The van der Waals surface area contributed by atoms with Crippen LogP contribution in [0.25, 0.3) is 5.82 Å². The third-order valence-electron chi connectivity index (χ3n) is 2.33. The van der Waals surface area contributed by atoms with Crippen LogP contribution < -0.4 is 5.73 Å². The molecule has 0 aromatic carbocycles. The first kappa shape index (κ1) is 11.1. The highest BCUT2D eigenvalue weighted by molar-refractivity contribution is 5.99. The van der Waals surface area contributed by atoms with Crippen molar-refractivity contribution >= 4 is 5.84 Å². The first-order chi connectivity index (χ1) is 8.11. The molecule has 0 aliphatic heterocycles. The van der Waals surface area contributed by atoms with Gasteiger partial charge in [0.05, 0.1) is 11.8 Å². The Morgan fingerprint density at radius 2 is 2.18 bits per heavy atom. The summed E-state index contributed by atoms with van der Waals surface area (Å²) >= 11 is 0. The largest absolute Gasteiger partial charge is 0.409 e. The zero-order valence-electron chi connectivity index (χ0n) is 9.62. The second kappa shape index (κ2) is 4.25. The van der Waals surface area contributed by atoms with E-state index in [0.29, 0.717) is 11.4 Å². The minimum atomic E-state index is 0.0145. The van der Waals surface area contributed by atoms with Crippen molar-refractivity contribution < 1.29 is 5.21 Å². The lowest BCUT2D eigenvalue weighted by Gasteiger charge is -2.07. The van der Waals surface area contributed by atoms with Crippen molar-refractivity contribution in [1.82, 2.24) is 14.8 Å². The molecule has 0 saturated heterocycles. The molecule has 6 nitrogen and oxygen atoms in total. The fourth-order valence-electron chi connectivity index (χ4n) is 1.50. The van der Waals surface area contributed by atoms with Crippen molar-refractivity contribution in [2.24, 2.45) is 10.9 Å². The van der Waals surface area contributed by atoms with Gasteiger partial charge in [-0.15, -0.1) is 0 Å². The van der Waals surface area contributed by atoms with Gasteiger partial charge in [-0.1, -0.05) is 5.16 Å². The maximum atomic E-state index is 8.74. The average Bonchev–Trinajstić information content (AvgIpc) is 2.75. The van der Waals surface area contributed by atoms with Crippen molar-refractivity contribution in [3.05, 3.63) is 41.3 Å². The molecule has 0 bridgehead atoms. The summed E-state index contributed by atoms with van der Waals surface area (Å²) in [4.78, 5) is 4.35. The number of hydrogen-bond acceptors (Lipinski definition) is 4. The Balaban J connectivity index is 2.62. The molecule has 6 heteroatoms. The Morgan fingerprint density at radius 3 is 2.76 bits per heavy atom. The number of pyridine rings is 1. The third kappa shape index (κ3) is 2.10. The number of oxime groups is 1. The average molecular weight is 231 g/mol. The molecular weight excluding hydrogens is 218 g/mol. The van der Waals surface area contributed by atoms with Gasteiger partial charge in [-0.2, -0.15) is 5.10 Å². The van der Waals surface area contributed by atoms with Crippen LogP contribution in [0, 0.1) is 13.8 Å². The van der Waals surface area contributed by atoms with Crippen molar-refractivity contribution in [2.75, 3.05) is 0 Å². The SMILES string of the molecule is Cc1cnn(-c2nc(C)ccc2C(N)=NO)c1. The van der Waals surface area contributed by atoms with Crippen molar-refractivity contribution in [1.29, 1.82) is 0 Å². The summed E-state index contributed by atoms with van der Waals surface area (Å²) in [5.74, 6) is 0.564. The predicted octanol–water partition coefficient (Wildman–Crippen LogP) is 0.979. The van der Waals surface area contributed by atoms with Gasteiger partial charge >= 0.3 is 0 Å². The van der Waals surface area contributed by atoms with E-state index in [-0.39, 0.29) is 5.84 Å². The molecule has 0 atom stereocenters. The lowest BCUT2D eigenvalue weighted by atomic mass is 10.2. The molecule has 0 radical (unpaired) electrons. The molecule has 0 unspecified atom stereocenters. The van der Waals surface area contributed by atoms with Crippen LogP contribution in [0.2, 0.25) is 0 Å². The van der Waals surface area contributed by atoms with E-state index in [0.717, 1.165) is 11.3 Å². The van der Waals surface area contributed by atoms with Gasteiger partial charge in [0.1, 0.15) is 0 Å². The lowest BCUT2D eigenvalue weighted by Crippen LogP contribution is -2.18. The molecule has 0 saturated carbocycles. The summed E-state index contributed by atoms with van der Waals surface area (Å²) in [5, 5.41) is 15.9. The number of rotatable bonds is 2. The minimum absolute atomic E-state index is 0.0145. The topological polar surface area (TPSA) is 89.3 Å².